The van der Waals surface area contributed by atoms with Crippen LogP contribution in [0.2, 0.25) is 0 Å². The van der Waals surface area contributed by atoms with Crippen molar-refractivity contribution in [2.45, 2.75) is 60.0 Å². The SMILES string of the molecule is CC.Cc1cccc(CN(C=O)C(C)CCC(=O)NC=O)c1C. The molecule has 0 aliphatic carbocycles. The highest BCUT2D eigenvalue weighted by molar-refractivity contribution is 5.85. The number of hydrogen-bond donors (Lipinski definition) is 1. The average molecular weight is 320 g/mol. The summed E-state index contributed by atoms with van der Waals surface area (Å²) in [6, 6.07) is 5.95. The minimum Gasteiger partial charge on any atom is -0.338 e. The second-order valence-electron chi connectivity index (χ2n) is 5.21. The Morgan fingerprint density at radius 2 is 1.91 bits per heavy atom. The van der Waals surface area contributed by atoms with Crippen LogP contribution < -0.4 is 5.32 Å². The molecule has 0 heterocycles. The van der Waals surface area contributed by atoms with Crippen LogP contribution in [0.15, 0.2) is 18.2 Å². The summed E-state index contributed by atoms with van der Waals surface area (Å²) < 4.78 is 0. The van der Waals surface area contributed by atoms with Gasteiger partial charge < -0.3 is 4.90 Å². The van der Waals surface area contributed by atoms with Gasteiger partial charge in [0.15, 0.2) is 0 Å². The van der Waals surface area contributed by atoms with Gasteiger partial charge in [-0.1, -0.05) is 32.0 Å². The van der Waals surface area contributed by atoms with Crippen LogP contribution in [0.3, 0.4) is 0 Å². The van der Waals surface area contributed by atoms with Gasteiger partial charge in [0.05, 0.1) is 0 Å². The van der Waals surface area contributed by atoms with Crippen LogP contribution in [0.1, 0.15) is 50.3 Å². The first kappa shape index (κ1) is 20.8. The highest BCUT2D eigenvalue weighted by Crippen LogP contribution is 2.16. The van der Waals surface area contributed by atoms with E-state index in [9.17, 15) is 14.4 Å². The molecule has 1 unspecified atom stereocenters. The number of carbonyl (C=O) groups excluding carboxylic acids is 3. The van der Waals surface area contributed by atoms with Crippen LogP contribution in [0.5, 0.6) is 0 Å². The van der Waals surface area contributed by atoms with Gasteiger partial charge in [-0.05, 0) is 43.9 Å². The van der Waals surface area contributed by atoms with Crippen LogP contribution in [0.4, 0.5) is 0 Å². The van der Waals surface area contributed by atoms with Crippen molar-refractivity contribution in [3.63, 3.8) is 0 Å². The monoisotopic (exact) mass is 320 g/mol. The minimum absolute atomic E-state index is 0.0696. The quantitative estimate of drug-likeness (QED) is 0.749. The first-order valence-electron chi connectivity index (χ1n) is 7.98. The maximum Gasteiger partial charge on any atom is 0.226 e. The van der Waals surface area contributed by atoms with Gasteiger partial charge >= 0.3 is 0 Å². The lowest BCUT2D eigenvalue weighted by Gasteiger charge is -2.26. The Morgan fingerprint density at radius 3 is 2.48 bits per heavy atom. The molecule has 5 heteroatoms. The van der Waals surface area contributed by atoms with Gasteiger partial charge in [-0.2, -0.15) is 0 Å². The molecule has 1 rings (SSSR count). The molecule has 1 N–H and O–H groups in total. The number of nitrogens with one attached hydrogen (secondary N) is 1. The van der Waals surface area contributed by atoms with Crippen molar-refractivity contribution < 1.29 is 14.4 Å². The molecule has 0 radical (unpaired) electrons. The molecule has 0 aromatic heterocycles. The molecule has 0 saturated carbocycles. The molecule has 0 aliphatic rings. The molecule has 0 fully saturated rings. The van der Waals surface area contributed by atoms with E-state index >= 15 is 0 Å². The van der Waals surface area contributed by atoms with Crippen molar-refractivity contribution >= 4 is 18.7 Å². The van der Waals surface area contributed by atoms with E-state index in [0.29, 0.717) is 19.4 Å². The molecule has 0 saturated heterocycles. The smallest absolute Gasteiger partial charge is 0.226 e. The highest BCUT2D eigenvalue weighted by Gasteiger charge is 2.15. The zero-order valence-electron chi connectivity index (χ0n) is 14.8. The third-order valence-electron chi connectivity index (χ3n) is 3.78. The van der Waals surface area contributed by atoms with Gasteiger partial charge in [0.2, 0.25) is 18.7 Å². The number of nitrogens with zero attached hydrogens (tertiary/aromatic N) is 1. The zero-order valence-corrected chi connectivity index (χ0v) is 14.8. The molecule has 1 aromatic rings. The van der Waals surface area contributed by atoms with Crippen molar-refractivity contribution in [2.24, 2.45) is 0 Å². The van der Waals surface area contributed by atoms with E-state index in [-0.39, 0.29) is 18.4 Å². The summed E-state index contributed by atoms with van der Waals surface area (Å²) in [5.41, 5.74) is 3.47. The number of rotatable bonds is 8. The van der Waals surface area contributed by atoms with Crippen LogP contribution in [-0.4, -0.2) is 29.7 Å². The Kier molecular flexibility index (Phi) is 10.3. The summed E-state index contributed by atoms with van der Waals surface area (Å²) >= 11 is 0. The van der Waals surface area contributed by atoms with Gasteiger partial charge in [-0.3, -0.25) is 19.7 Å². The molecule has 3 amide bonds. The lowest BCUT2D eigenvalue weighted by molar-refractivity contribution is -0.126. The fourth-order valence-electron chi connectivity index (χ4n) is 2.12. The number of hydrogen-bond acceptors (Lipinski definition) is 3. The Hall–Kier alpha value is -2.17. The summed E-state index contributed by atoms with van der Waals surface area (Å²) in [4.78, 5) is 34.4. The van der Waals surface area contributed by atoms with E-state index in [1.165, 1.54) is 11.1 Å². The summed E-state index contributed by atoms with van der Waals surface area (Å²) in [5, 5.41) is 2.10. The second kappa shape index (κ2) is 11.4. The molecule has 0 spiro atoms. The van der Waals surface area contributed by atoms with E-state index in [1.54, 1.807) is 4.90 Å². The van der Waals surface area contributed by atoms with Crippen molar-refractivity contribution in [1.29, 1.82) is 0 Å². The fourth-order valence-corrected chi connectivity index (χ4v) is 2.12. The van der Waals surface area contributed by atoms with Gasteiger partial charge in [-0.25, -0.2) is 0 Å². The molecule has 1 atom stereocenters. The zero-order chi connectivity index (χ0) is 17.8. The van der Waals surface area contributed by atoms with Gasteiger partial charge in [-0.15, -0.1) is 0 Å². The molecule has 5 nitrogen and oxygen atoms in total. The number of imide groups is 1. The molecule has 0 bridgehead atoms. The summed E-state index contributed by atoms with van der Waals surface area (Å²) in [6.07, 6.45) is 1.92. The number of amides is 3. The van der Waals surface area contributed by atoms with E-state index in [2.05, 4.69) is 5.32 Å². The number of carbonyl (C=O) groups is 3. The standard InChI is InChI=1S/C16H22N2O3.C2H6/c1-12-5-4-6-15(14(12)3)9-18(11-20)13(2)7-8-16(21)17-10-19;1-2/h4-6,10-11,13H,7-9H2,1-3H3,(H,17,19,21);1-2H3. The third-order valence-corrected chi connectivity index (χ3v) is 3.78. The normalized spacial score (nSPS) is 10.8. The largest absolute Gasteiger partial charge is 0.338 e. The first-order chi connectivity index (χ1) is 11.0. The lowest BCUT2D eigenvalue weighted by atomic mass is 10.0. The number of aryl methyl sites for hydroxylation is 1. The van der Waals surface area contributed by atoms with Crippen molar-refractivity contribution in [2.75, 3.05) is 0 Å². The van der Waals surface area contributed by atoms with E-state index in [4.69, 9.17) is 0 Å². The third kappa shape index (κ3) is 7.08. The molecular weight excluding hydrogens is 292 g/mol. The van der Waals surface area contributed by atoms with Crippen LogP contribution in [-0.2, 0) is 20.9 Å². The van der Waals surface area contributed by atoms with Crippen molar-refractivity contribution in [3.8, 4) is 0 Å². The summed E-state index contributed by atoms with van der Waals surface area (Å²) in [7, 11) is 0. The maximum absolute atomic E-state index is 11.3. The second-order valence-corrected chi connectivity index (χ2v) is 5.21. The Balaban J connectivity index is 0.00000232. The molecular formula is C18H28N2O3. The molecule has 1 aromatic carbocycles. The maximum atomic E-state index is 11.3. The summed E-state index contributed by atoms with van der Waals surface area (Å²) in [6.45, 7) is 10.5. The fraction of sp³-hybridized carbons (Fsp3) is 0.500. The Labute approximate surface area is 139 Å². The van der Waals surface area contributed by atoms with Gasteiger partial charge in [0, 0.05) is 19.0 Å². The topological polar surface area (TPSA) is 66.5 Å². The van der Waals surface area contributed by atoms with Crippen LogP contribution in [0.25, 0.3) is 0 Å². The molecule has 0 aliphatic heterocycles. The van der Waals surface area contributed by atoms with E-state index in [1.807, 2.05) is 52.8 Å². The Morgan fingerprint density at radius 1 is 1.26 bits per heavy atom. The predicted molar refractivity (Wildman–Crippen MR) is 91.8 cm³/mol. The van der Waals surface area contributed by atoms with Crippen molar-refractivity contribution in [1.82, 2.24) is 10.2 Å². The highest BCUT2D eigenvalue weighted by atomic mass is 16.2. The molecule has 128 valence electrons. The van der Waals surface area contributed by atoms with Gasteiger partial charge in [0.25, 0.3) is 0 Å². The predicted octanol–water partition coefficient (Wildman–Crippen LogP) is 2.73. The van der Waals surface area contributed by atoms with Crippen LogP contribution in [0, 0.1) is 13.8 Å². The van der Waals surface area contributed by atoms with Crippen LogP contribution >= 0.6 is 0 Å². The Bertz CT molecular complexity index is 515. The first-order valence-corrected chi connectivity index (χ1v) is 7.98. The summed E-state index contributed by atoms with van der Waals surface area (Å²) in [5.74, 6) is -0.325. The van der Waals surface area contributed by atoms with Crippen molar-refractivity contribution in [3.05, 3.63) is 34.9 Å². The molecule has 23 heavy (non-hydrogen) atoms. The average Bonchev–Trinajstić information content (AvgIpc) is 2.56. The number of benzene rings is 1. The van der Waals surface area contributed by atoms with E-state index in [0.717, 1.165) is 12.0 Å². The van der Waals surface area contributed by atoms with Gasteiger partial charge in [0.1, 0.15) is 0 Å². The van der Waals surface area contributed by atoms with E-state index < -0.39 is 0 Å². The minimum atomic E-state index is -0.325. The lowest BCUT2D eigenvalue weighted by Crippen LogP contribution is -2.33.